The fourth-order valence-corrected chi connectivity index (χ4v) is 2.69. The third kappa shape index (κ3) is 3.78. The van der Waals surface area contributed by atoms with E-state index in [0.29, 0.717) is 11.6 Å². The quantitative estimate of drug-likeness (QED) is 0.816. The fourth-order valence-electron chi connectivity index (χ4n) is 1.88. The predicted molar refractivity (Wildman–Crippen MR) is 80.8 cm³/mol. The molecule has 4 heteroatoms. The zero-order valence-corrected chi connectivity index (χ0v) is 12.8. The molecule has 0 unspecified atom stereocenters. The van der Waals surface area contributed by atoms with Crippen molar-refractivity contribution >= 4 is 27.5 Å². The Hall–Kier alpha value is -0.900. The highest BCUT2D eigenvalue weighted by molar-refractivity contribution is 9.10. The van der Waals surface area contributed by atoms with Crippen LogP contribution in [0, 0.1) is 5.82 Å². The van der Waals surface area contributed by atoms with E-state index in [-0.39, 0.29) is 11.9 Å². The molecule has 0 aromatic heterocycles. The summed E-state index contributed by atoms with van der Waals surface area (Å²) in [6.07, 6.45) is 0. The van der Waals surface area contributed by atoms with Crippen LogP contribution in [0.5, 0.6) is 0 Å². The van der Waals surface area contributed by atoms with E-state index >= 15 is 0 Å². The topological polar surface area (TPSA) is 12.0 Å². The fraction of sp³-hybridized carbons (Fsp3) is 0.200. The molecule has 1 N–H and O–H groups in total. The van der Waals surface area contributed by atoms with Gasteiger partial charge in [0.25, 0.3) is 0 Å². The monoisotopic (exact) mass is 341 g/mol. The third-order valence-electron chi connectivity index (χ3n) is 2.98. The van der Waals surface area contributed by atoms with Crippen molar-refractivity contribution in [1.82, 2.24) is 5.32 Å². The molecule has 0 saturated carbocycles. The molecule has 2 aromatic carbocycles. The molecule has 19 heavy (non-hydrogen) atoms. The first kappa shape index (κ1) is 14.5. The van der Waals surface area contributed by atoms with Crippen molar-refractivity contribution in [3.8, 4) is 0 Å². The molecule has 2 rings (SSSR count). The molecule has 0 spiro atoms. The lowest BCUT2D eigenvalue weighted by molar-refractivity contribution is 0.568. The zero-order chi connectivity index (χ0) is 13.8. The van der Waals surface area contributed by atoms with Crippen LogP contribution in [0.15, 0.2) is 46.9 Å². The summed E-state index contributed by atoms with van der Waals surface area (Å²) in [6, 6.07) is 12.6. The van der Waals surface area contributed by atoms with Crippen LogP contribution in [0.25, 0.3) is 0 Å². The summed E-state index contributed by atoms with van der Waals surface area (Å²) in [5.74, 6) is -0.269. The third-order valence-corrected chi connectivity index (χ3v) is 4.07. The van der Waals surface area contributed by atoms with Crippen molar-refractivity contribution in [2.45, 2.75) is 19.5 Å². The number of rotatable bonds is 4. The molecule has 0 heterocycles. The maximum atomic E-state index is 13.2. The number of hydrogen-bond acceptors (Lipinski definition) is 1. The second kappa shape index (κ2) is 6.51. The molecule has 1 nitrogen and oxygen atoms in total. The Balaban J connectivity index is 2.06. The van der Waals surface area contributed by atoms with Crippen LogP contribution in [0.1, 0.15) is 24.1 Å². The van der Waals surface area contributed by atoms with Gasteiger partial charge in [-0.2, -0.15) is 0 Å². The van der Waals surface area contributed by atoms with Gasteiger partial charge in [0.05, 0.1) is 0 Å². The van der Waals surface area contributed by atoms with Crippen LogP contribution in [0.3, 0.4) is 0 Å². The van der Waals surface area contributed by atoms with Crippen molar-refractivity contribution < 1.29 is 4.39 Å². The minimum Gasteiger partial charge on any atom is -0.306 e. The summed E-state index contributed by atoms with van der Waals surface area (Å²) in [7, 11) is 0. The normalized spacial score (nSPS) is 12.4. The van der Waals surface area contributed by atoms with Gasteiger partial charge in [-0.05, 0) is 42.3 Å². The molecule has 0 aliphatic rings. The van der Waals surface area contributed by atoms with Crippen LogP contribution in [0.4, 0.5) is 4.39 Å². The molecular formula is C15H14BrClFN. The van der Waals surface area contributed by atoms with E-state index in [2.05, 4.69) is 34.2 Å². The van der Waals surface area contributed by atoms with Gasteiger partial charge in [0.15, 0.2) is 0 Å². The van der Waals surface area contributed by atoms with Gasteiger partial charge in [0, 0.05) is 22.1 Å². The molecule has 0 aliphatic carbocycles. The minimum atomic E-state index is -0.269. The molecule has 2 aromatic rings. The zero-order valence-electron chi connectivity index (χ0n) is 10.5. The molecule has 0 amide bonds. The highest BCUT2D eigenvalue weighted by Gasteiger charge is 2.09. The summed E-state index contributed by atoms with van der Waals surface area (Å²) in [5.41, 5.74) is 1.93. The van der Waals surface area contributed by atoms with Crippen LogP contribution in [0.2, 0.25) is 5.02 Å². The molecule has 0 fully saturated rings. The maximum absolute atomic E-state index is 13.2. The number of nitrogens with one attached hydrogen (secondary N) is 1. The van der Waals surface area contributed by atoms with Gasteiger partial charge < -0.3 is 5.32 Å². The summed E-state index contributed by atoms with van der Waals surface area (Å²) in [4.78, 5) is 0. The first-order valence-corrected chi connectivity index (χ1v) is 7.17. The smallest absolute Gasteiger partial charge is 0.123 e. The van der Waals surface area contributed by atoms with E-state index in [4.69, 9.17) is 11.6 Å². The molecule has 100 valence electrons. The number of halogens is 3. The van der Waals surface area contributed by atoms with E-state index in [1.165, 1.54) is 12.1 Å². The molecule has 0 saturated heterocycles. The van der Waals surface area contributed by atoms with Crippen LogP contribution in [-0.4, -0.2) is 0 Å². The van der Waals surface area contributed by atoms with Gasteiger partial charge >= 0.3 is 0 Å². The van der Waals surface area contributed by atoms with Gasteiger partial charge in [0.2, 0.25) is 0 Å². The lowest BCUT2D eigenvalue weighted by Gasteiger charge is -2.16. The Labute approximate surface area is 125 Å². The number of hydrogen-bond donors (Lipinski definition) is 1. The Bertz CT molecular complexity index is 574. The predicted octanol–water partition coefficient (Wildman–Crippen LogP) is 5.09. The average molecular weight is 343 g/mol. The second-order valence-electron chi connectivity index (χ2n) is 4.36. The molecule has 1 atom stereocenters. The minimum absolute atomic E-state index is 0.148. The second-order valence-corrected chi connectivity index (χ2v) is 5.62. The highest BCUT2D eigenvalue weighted by Crippen LogP contribution is 2.24. The lowest BCUT2D eigenvalue weighted by atomic mass is 10.1. The molecule has 0 aliphatic heterocycles. The summed E-state index contributed by atoms with van der Waals surface area (Å²) in [5, 5.41) is 3.92. The highest BCUT2D eigenvalue weighted by atomic mass is 79.9. The molecule has 0 bridgehead atoms. The Morgan fingerprint density at radius 3 is 2.74 bits per heavy atom. The van der Waals surface area contributed by atoms with Crippen molar-refractivity contribution in [1.29, 1.82) is 0 Å². The Kier molecular flexibility index (Phi) is 4.97. The van der Waals surface area contributed by atoms with Crippen molar-refractivity contribution in [2.75, 3.05) is 0 Å². The number of benzene rings is 2. The largest absolute Gasteiger partial charge is 0.306 e. The summed E-state index contributed by atoms with van der Waals surface area (Å²) < 4.78 is 14.2. The van der Waals surface area contributed by atoms with Crippen LogP contribution < -0.4 is 5.32 Å². The molecular weight excluding hydrogens is 329 g/mol. The SMILES string of the molecule is C[C@@H](NCc1cc(F)ccc1Cl)c1ccccc1Br. The van der Waals surface area contributed by atoms with E-state index in [9.17, 15) is 4.39 Å². The lowest BCUT2D eigenvalue weighted by Crippen LogP contribution is -2.18. The van der Waals surface area contributed by atoms with Crippen LogP contribution >= 0.6 is 27.5 Å². The first-order valence-electron chi connectivity index (χ1n) is 5.99. The standard InChI is InChI=1S/C15H14BrClFN/c1-10(13-4-2-3-5-14(13)16)19-9-11-8-12(18)6-7-15(11)17/h2-8,10,19H,9H2,1H3/t10-/m1/s1. The first-order chi connectivity index (χ1) is 9.08. The summed E-state index contributed by atoms with van der Waals surface area (Å²) in [6.45, 7) is 2.59. The van der Waals surface area contributed by atoms with Gasteiger partial charge in [-0.3, -0.25) is 0 Å². The Morgan fingerprint density at radius 1 is 1.26 bits per heavy atom. The van der Waals surface area contributed by atoms with Gasteiger partial charge in [-0.1, -0.05) is 45.7 Å². The van der Waals surface area contributed by atoms with Crippen molar-refractivity contribution in [2.24, 2.45) is 0 Å². The van der Waals surface area contributed by atoms with E-state index < -0.39 is 0 Å². The van der Waals surface area contributed by atoms with Gasteiger partial charge in [-0.25, -0.2) is 4.39 Å². The van der Waals surface area contributed by atoms with Crippen LogP contribution in [-0.2, 0) is 6.54 Å². The van der Waals surface area contributed by atoms with Gasteiger partial charge in [-0.15, -0.1) is 0 Å². The average Bonchev–Trinajstić information content (AvgIpc) is 2.40. The summed E-state index contributed by atoms with van der Waals surface area (Å²) >= 11 is 9.56. The van der Waals surface area contributed by atoms with Crippen molar-refractivity contribution in [3.63, 3.8) is 0 Å². The van der Waals surface area contributed by atoms with E-state index in [0.717, 1.165) is 15.6 Å². The maximum Gasteiger partial charge on any atom is 0.123 e. The van der Waals surface area contributed by atoms with E-state index in [1.54, 1.807) is 6.07 Å². The van der Waals surface area contributed by atoms with Gasteiger partial charge in [0.1, 0.15) is 5.82 Å². The Morgan fingerprint density at radius 2 is 2.00 bits per heavy atom. The van der Waals surface area contributed by atoms with Crippen molar-refractivity contribution in [3.05, 3.63) is 68.9 Å². The van der Waals surface area contributed by atoms with E-state index in [1.807, 2.05) is 18.2 Å². The molecule has 0 radical (unpaired) electrons.